The van der Waals surface area contributed by atoms with Gasteiger partial charge in [-0.2, -0.15) is 0 Å². The zero-order valence-electron chi connectivity index (χ0n) is 13.2. The zero-order valence-corrected chi connectivity index (χ0v) is 13.2. The number of ether oxygens (including phenoxy) is 1. The number of amides is 1. The highest BCUT2D eigenvalue weighted by molar-refractivity contribution is 6.63. The van der Waals surface area contributed by atoms with Crippen LogP contribution in [-0.4, -0.2) is 57.4 Å². The molecule has 0 saturated carbocycles. The monoisotopic (exact) mass is 303 g/mol. The first-order valence-corrected chi connectivity index (χ1v) is 7.76. The van der Waals surface area contributed by atoms with E-state index in [1.165, 1.54) is 0 Å². The van der Waals surface area contributed by atoms with E-state index in [9.17, 15) is 4.79 Å². The molecule has 0 aliphatic carbocycles. The lowest BCUT2D eigenvalue weighted by molar-refractivity contribution is 0.0294. The minimum atomic E-state index is -0.464. The molecular weight excluding hydrogens is 281 g/mol. The van der Waals surface area contributed by atoms with Crippen LogP contribution in [0, 0.1) is 5.41 Å². The first-order valence-electron chi connectivity index (χ1n) is 7.76. The molecule has 2 fully saturated rings. The molecule has 0 atom stereocenters. The fourth-order valence-corrected chi connectivity index (χ4v) is 2.71. The van der Waals surface area contributed by atoms with E-state index in [2.05, 4.69) is 13.8 Å². The molecule has 0 spiro atoms. The molecule has 1 aromatic rings. The molecule has 1 aromatic carbocycles. The van der Waals surface area contributed by atoms with Crippen molar-refractivity contribution in [1.82, 2.24) is 4.90 Å². The van der Waals surface area contributed by atoms with Crippen LogP contribution in [-0.2, 0) is 14.0 Å². The molecule has 0 radical (unpaired) electrons. The van der Waals surface area contributed by atoms with E-state index < -0.39 is 7.12 Å². The van der Waals surface area contributed by atoms with Crippen molar-refractivity contribution in [2.75, 3.05) is 39.5 Å². The Balaban J connectivity index is 1.79. The quantitative estimate of drug-likeness (QED) is 0.763. The van der Waals surface area contributed by atoms with E-state index in [1.807, 2.05) is 29.2 Å². The molecule has 6 heteroatoms. The Morgan fingerprint density at radius 1 is 1.14 bits per heavy atom. The molecule has 1 amide bonds. The van der Waals surface area contributed by atoms with Gasteiger partial charge in [-0.1, -0.05) is 32.0 Å². The van der Waals surface area contributed by atoms with Crippen molar-refractivity contribution in [1.29, 1.82) is 0 Å². The van der Waals surface area contributed by atoms with Gasteiger partial charge in [-0.25, -0.2) is 0 Å². The summed E-state index contributed by atoms with van der Waals surface area (Å²) >= 11 is 0. The Labute approximate surface area is 131 Å². The fraction of sp³-hybridized carbons (Fsp3) is 0.562. The Kier molecular flexibility index (Phi) is 4.52. The van der Waals surface area contributed by atoms with Gasteiger partial charge in [0.1, 0.15) is 0 Å². The lowest BCUT2D eigenvalue weighted by Crippen LogP contribution is -2.50. The first-order chi connectivity index (χ1) is 10.6. The maximum absolute atomic E-state index is 12.7. The molecule has 22 heavy (non-hydrogen) atoms. The molecule has 0 unspecified atom stereocenters. The van der Waals surface area contributed by atoms with E-state index >= 15 is 0 Å². The summed E-state index contributed by atoms with van der Waals surface area (Å²) < 4.78 is 17.0. The maximum atomic E-state index is 12.7. The van der Waals surface area contributed by atoms with E-state index in [4.69, 9.17) is 14.0 Å². The highest BCUT2D eigenvalue weighted by atomic mass is 16.6. The normalized spacial score (nSPS) is 21.7. The average Bonchev–Trinajstić information content (AvgIpc) is 2.55. The van der Waals surface area contributed by atoms with Crippen molar-refractivity contribution in [2.24, 2.45) is 5.41 Å². The molecule has 2 aliphatic rings. The van der Waals surface area contributed by atoms with Gasteiger partial charge in [0.15, 0.2) is 0 Å². The van der Waals surface area contributed by atoms with Gasteiger partial charge in [-0.3, -0.25) is 4.79 Å². The van der Waals surface area contributed by atoms with Crippen LogP contribution in [0.1, 0.15) is 24.2 Å². The summed E-state index contributed by atoms with van der Waals surface area (Å²) in [6.45, 7) is 7.91. The second-order valence-corrected chi connectivity index (χ2v) is 6.61. The van der Waals surface area contributed by atoms with Crippen molar-refractivity contribution < 1.29 is 18.8 Å². The predicted molar refractivity (Wildman–Crippen MR) is 84.2 cm³/mol. The molecule has 3 rings (SSSR count). The van der Waals surface area contributed by atoms with Gasteiger partial charge in [0, 0.05) is 37.3 Å². The lowest BCUT2D eigenvalue weighted by atomic mass is 9.73. The minimum absolute atomic E-state index is 0.0136. The SMILES string of the molecule is CC1(C)COB(c2ccccc2C(=O)N2CCOCC2)OC1. The molecule has 5 nitrogen and oxygen atoms in total. The minimum Gasteiger partial charge on any atom is -0.407 e. The highest BCUT2D eigenvalue weighted by Gasteiger charge is 2.36. The molecule has 2 saturated heterocycles. The van der Waals surface area contributed by atoms with Gasteiger partial charge >= 0.3 is 7.12 Å². The van der Waals surface area contributed by atoms with Crippen LogP contribution >= 0.6 is 0 Å². The first kappa shape index (κ1) is 15.5. The fourth-order valence-electron chi connectivity index (χ4n) is 2.71. The zero-order chi connectivity index (χ0) is 15.6. The van der Waals surface area contributed by atoms with Crippen molar-refractivity contribution in [3.63, 3.8) is 0 Å². The average molecular weight is 303 g/mol. The summed E-state index contributed by atoms with van der Waals surface area (Å²) in [4.78, 5) is 14.6. The van der Waals surface area contributed by atoms with Crippen LogP contribution in [0.2, 0.25) is 0 Å². The summed E-state index contributed by atoms with van der Waals surface area (Å²) in [5.74, 6) is 0.0240. The third kappa shape index (κ3) is 3.34. The number of hydrogen-bond acceptors (Lipinski definition) is 4. The summed E-state index contributed by atoms with van der Waals surface area (Å²) in [6, 6.07) is 7.55. The van der Waals surface area contributed by atoms with Gasteiger partial charge in [0.05, 0.1) is 13.2 Å². The van der Waals surface area contributed by atoms with Crippen LogP contribution < -0.4 is 5.46 Å². The Bertz CT molecular complexity index is 533. The third-order valence-corrected chi connectivity index (χ3v) is 3.99. The van der Waals surface area contributed by atoms with Gasteiger partial charge in [-0.15, -0.1) is 0 Å². The summed E-state index contributed by atoms with van der Waals surface area (Å²) in [7, 11) is -0.464. The standard InChI is InChI=1S/C16H22BNO4/c1-16(2)11-21-17(22-12-16)14-6-4-3-5-13(14)15(19)18-7-9-20-10-8-18/h3-6H,7-12H2,1-2H3. The maximum Gasteiger partial charge on any atom is 0.494 e. The number of carbonyl (C=O) groups is 1. The van der Waals surface area contributed by atoms with Crippen LogP contribution in [0.4, 0.5) is 0 Å². The van der Waals surface area contributed by atoms with Crippen LogP contribution in [0.25, 0.3) is 0 Å². The summed E-state index contributed by atoms with van der Waals surface area (Å²) in [5.41, 5.74) is 1.49. The number of carbonyl (C=O) groups excluding carboxylic acids is 1. The van der Waals surface area contributed by atoms with Gasteiger partial charge in [0.2, 0.25) is 0 Å². The molecule has 0 aromatic heterocycles. The highest BCUT2D eigenvalue weighted by Crippen LogP contribution is 2.22. The van der Waals surface area contributed by atoms with Crippen LogP contribution in [0.3, 0.4) is 0 Å². The van der Waals surface area contributed by atoms with Gasteiger partial charge in [0.25, 0.3) is 5.91 Å². The van der Waals surface area contributed by atoms with E-state index in [1.54, 1.807) is 0 Å². The number of hydrogen-bond donors (Lipinski definition) is 0. The second kappa shape index (κ2) is 6.40. The molecule has 0 bridgehead atoms. The van der Waals surface area contributed by atoms with Crippen molar-refractivity contribution >= 4 is 18.5 Å². The van der Waals surface area contributed by atoms with Crippen LogP contribution in [0.15, 0.2) is 24.3 Å². The molecule has 2 aliphatic heterocycles. The van der Waals surface area contributed by atoms with E-state index in [-0.39, 0.29) is 11.3 Å². The summed E-state index contributed by atoms with van der Waals surface area (Å²) in [5, 5.41) is 0. The van der Waals surface area contributed by atoms with Gasteiger partial charge < -0.3 is 18.9 Å². The van der Waals surface area contributed by atoms with Crippen molar-refractivity contribution in [3.05, 3.63) is 29.8 Å². The predicted octanol–water partition coefficient (Wildman–Crippen LogP) is 0.927. The van der Waals surface area contributed by atoms with E-state index in [0.29, 0.717) is 45.1 Å². The molecule has 2 heterocycles. The topological polar surface area (TPSA) is 48.0 Å². The molecule has 0 N–H and O–H groups in total. The molecule has 118 valence electrons. The smallest absolute Gasteiger partial charge is 0.407 e. The Morgan fingerprint density at radius 2 is 1.77 bits per heavy atom. The van der Waals surface area contributed by atoms with Gasteiger partial charge in [-0.05, 0) is 11.5 Å². The number of benzene rings is 1. The van der Waals surface area contributed by atoms with Crippen LogP contribution in [0.5, 0.6) is 0 Å². The Morgan fingerprint density at radius 3 is 2.45 bits per heavy atom. The second-order valence-electron chi connectivity index (χ2n) is 6.61. The van der Waals surface area contributed by atoms with E-state index in [0.717, 1.165) is 5.46 Å². The number of nitrogens with zero attached hydrogens (tertiary/aromatic N) is 1. The summed E-state index contributed by atoms with van der Waals surface area (Å²) in [6.07, 6.45) is 0. The van der Waals surface area contributed by atoms with Crippen molar-refractivity contribution in [3.8, 4) is 0 Å². The third-order valence-electron chi connectivity index (χ3n) is 3.99. The largest absolute Gasteiger partial charge is 0.494 e. The van der Waals surface area contributed by atoms with Crippen molar-refractivity contribution in [2.45, 2.75) is 13.8 Å². The Hall–Kier alpha value is -1.37. The molecular formula is C16H22BNO4. The number of morpholine rings is 1. The lowest BCUT2D eigenvalue weighted by Gasteiger charge is -2.34. The number of rotatable bonds is 2.